The zero-order valence-electron chi connectivity index (χ0n) is 26.0. The lowest BCUT2D eigenvalue weighted by atomic mass is 9.95. The van der Waals surface area contributed by atoms with Crippen molar-refractivity contribution < 1.29 is 19.5 Å². The minimum Gasteiger partial charge on any atom is -0.481 e. The van der Waals surface area contributed by atoms with Crippen LogP contribution in [-0.4, -0.2) is 56.9 Å². The van der Waals surface area contributed by atoms with Crippen molar-refractivity contribution in [2.24, 2.45) is 5.92 Å². The number of thiophene rings is 1. The lowest BCUT2D eigenvalue weighted by Crippen LogP contribution is -2.59. The second-order valence-electron chi connectivity index (χ2n) is 12.4. The molecule has 232 valence electrons. The van der Waals surface area contributed by atoms with E-state index in [4.69, 9.17) is 0 Å². The van der Waals surface area contributed by atoms with Crippen LogP contribution in [0.25, 0.3) is 23.5 Å². The molecular formula is C36H38N4O4S. The number of carboxylic acids is 1. The number of carboxylic acid groups (broad SMARTS) is 1. The van der Waals surface area contributed by atoms with Gasteiger partial charge in [0.1, 0.15) is 6.04 Å². The monoisotopic (exact) mass is 622 g/mol. The Balaban J connectivity index is 1.26. The van der Waals surface area contributed by atoms with Crippen molar-refractivity contribution in [3.8, 4) is 11.4 Å². The first-order valence-corrected chi connectivity index (χ1v) is 15.9. The van der Waals surface area contributed by atoms with Gasteiger partial charge in [0, 0.05) is 47.9 Å². The second kappa shape index (κ2) is 13.6. The van der Waals surface area contributed by atoms with E-state index in [2.05, 4.69) is 67.2 Å². The summed E-state index contributed by atoms with van der Waals surface area (Å²) in [6.45, 7) is 8.67. The van der Waals surface area contributed by atoms with E-state index in [1.54, 1.807) is 18.5 Å². The summed E-state index contributed by atoms with van der Waals surface area (Å²) in [5.41, 5.74) is 4.89. The first-order valence-electron chi connectivity index (χ1n) is 15.1. The number of rotatable bonds is 10. The highest BCUT2D eigenvalue weighted by molar-refractivity contribution is 7.14. The molecular weight excluding hydrogens is 584 g/mol. The quantitative estimate of drug-likeness (QED) is 0.220. The molecule has 2 aromatic carbocycles. The number of hydrogen-bond acceptors (Lipinski definition) is 6. The summed E-state index contributed by atoms with van der Waals surface area (Å²) in [4.78, 5) is 50.1. The number of nitrogens with one attached hydrogen (secondary N) is 1. The number of aryl methyl sites for hydroxylation is 1. The summed E-state index contributed by atoms with van der Waals surface area (Å²) >= 11 is 1.41. The van der Waals surface area contributed by atoms with E-state index in [-0.39, 0.29) is 36.7 Å². The van der Waals surface area contributed by atoms with E-state index >= 15 is 0 Å². The number of carbonyl (C=O) groups excluding carboxylic acids is 2. The van der Waals surface area contributed by atoms with Gasteiger partial charge in [0.25, 0.3) is 5.91 Å². The van der Waals surface area contributed by atoms with Crippen LogP contribution in [0.3, 0.4) is 0 Å². The molecule has 5 rings (SSSR count). The van der Waals surface area contributed by atoms with E-state index in [9.17, 15) is 19.5 Å². The predicted molar refractivity (Wildman–Crippen MR) is 178 cm³/mol. The van der Waals surface area contributed by atoms with Gasteiger partial charge in [-0.25, -0.2) is 9.97 Å². The molecule has 2 N–H and O–H groups in total. The Morgan fingerprint density at radius 2 is 1.56 bits per heavy atom. The van der Waals surface area contributed by atoms with Crippen LogP contribution in [0.15, 0.2) is 73.1 Å². The van der Waals surface area contributed by atoms with Gasteiger partial charge < -0.3 is 15.3 Å². The summed E-state index contributed by atoms with van der Waals surface area (Å²) in [5, 5.41) is 12.2. The Bertz CT molecular complexity index is 1680. The zero-order chi connectivity index (χ0) is 32.1. The van der Waals surface area contributed by atoms with Gasteiger partial charge in [0.15, 0.2) is 5.82 Å². The Morgan fingerprint density at radius 1 is 0.933 bits per heavy atom. The van der Waals surface area contributed by atoms with Crippen molar-refractivity contribution in [2.75, 3.05) is 13.1 Å². The Labute approximate surface area is 267 Å². The fourth-order valence-corrected chi connectivity index (χ4v) is 5.95. The largest absolute Gasteiger partial charge is 0.481 e. The number of amides is 2. The van der Waals surface area contributed by atoms with Crippen LogP contribution in [0.2, 0.25) is 0 Å². The molecule has 0 spiro atoms. The van der Waals surface area contributed by atoms with Gasteiger partial charge in [0.2, 0.25) is 5.91 Å². The smallest absolute Gasteiger partial charge is 0.310 e. The van der Waals surface area contributed by atoms with E-state index in [0.29, 0.717) is 10.7 Å². The van der Waals surface area contributed by atoms with E-state index in [0.717, 1.165) is 33.6 Å². The lowest BCUT2D eigenvalue weighted by molar-refractivity contribution is -0.153. The average Bonchev–Trinajstić information content (AvgIpc) is 3.51. The lowest BCUT2D eigenvalue weighted by Gasteiger charge is -2.38. The number of carbonyl (C=O) groups is 3. The zero-order valence-corrected chi connectivity index (χ0v) is 26.8. The Morgan fingerprint density at radius 3 is 2.13 bits per heavy atom. The standard InChI is InChI=1S/C36H38N4O4S/c1-5-23-6-8-24(9-7-23)10-11-26-19-37-32(38-20-26)27-14-12-25(13-15-27)18-29(34(42)40-21-28(22-40)35(43)44)39-33(41)30-16-17-31(45-30)36(2,3)4/h6-17,19-20,28-29H,5,18,21-22H2,1-4H3,(H,39,41)(H,43,44)/b11-10+/t29-/m0/s1. The van der Waals surface area contributed by atoms with E-state index in [1.165, 1.54) is 21.8 Å². The van der Waals surface area contributed by atoms with Crippen LogP contribution in [0.4, 0.5) is 0 Å². The Hall–Kier alpha value is -4.63. The summed E-state index contributed by atoms with van der Waals surface area (Å²) in [6, 6.07) is 18.9. The minimum absolute atomic E-state index is 0.0918. The molecule has 1 fully saturated rings. The molecule has 2 amide bonds. The topological polar surface area (TPSA) is 112 Å². The van der Waals surface area contributed by atoms with Crippen LogP contribution < -0.4 is 5.32 Å². The molecule has 1 aliphatic heterocycles. The van der Waals surface area contributed by atoms with Crippen molar-refractivity contribution in [1.29, 1.82) is 0 Å². The predicted octanol–water partition coefficient (Wildman–Crippen LogP) is 6.12. The molecule has 8 nitrogen and oxygen atoms in total. The van der Waals surface area contributed by atoms with Crippen LogP contribution in [-0.2, 0) is 27.8 Å². The maximum Gasteiger partial charge on any atom is 0.310 e. The SMILES string of the molecule is CCc1ccc(/C=C/c2cnc(-c3ccc(C[C@H](NC(=O)c4ccc(C(C)(C)C)s4)C(=O)N4CC(C(=O)O)C4)cc3)nc2)cc1. The van der Waals surface area contributed by atoms with Crippen molar-refractivity contribution >= 4 is 41.3 Å². The summed E-state index contributed by atoms with van der Waals surface area (Å²) in [7, 11) is 0. The normalized spacial score (nSPS) is 14.3. The molecule has 0 unspecified atom stereocenters. The molecule has 9 heteroatoms. The maximum absolute atomic E-state index is 13.4. The minimum atomic E-state index is -0.920. The van der Waals surface area contributed by atoms with E-state index < -0.39 is 17.9 Å². The van der Waals surface area contributed by atoms with Gasteiger partial charge in [-0.3, -0.25) is 14.4 Å². The third-order valence-corrected chi connectivity index (χ3v) is 9.40. The Kier molecular flexibility index (Phi) is 9.58. The molecule has 0 bridgehead atoms. The molecule has 45 heavy (non-hydrogen) atoms. The van der Waals surface area contributed by atoms with Gasteiger partial charge in [-0.05, 0) is 40.7 Å². The molecule has 3 heterocycles. The fourth-order valence-electron chi connectivity index (χ4n) is 4.98. The van der Waals surface area contributed by atoms with Gasteiger partial charge in [0.05, 0.1) is 10.8 Å². The first kappa shape index (κ1) is 31.8. The molecule has 4 aromatic rings. The van der Waals surface area contributed by atoms with Crippen molar-refractivity contribution in [1.82, 2.24) is 20.2 Å². The maximum atomic E-state index is 13.4. The molecule has 0 radical (unpaired) electrons. The van der Waals surface area contributed by atoms with Crippen molar-refractivity contribution in [2.45, 2.75) is 52.0 Å². The molecule has 1 saturated heterocycles. The number of benzene rings is 2. The highest BCUT2D eigenvalue weighted by Gasteiger charge is 2.39. The summed E-state index contributed by atoms with van der Waals surface area (Å²) in [5.74, 6) is -1.52. The molecule has 1 atom stereocenters. The average molecular weight is 623 g/mol. The highest BCUT2D eigenvalue weighted by Crippen LogP contribution is 2.29. The van der Waals surface area contributed by atoms with Gasteiger partial charge in [-0.1, -0.05) is 88.4 Å². The van der Waals surface area contributed by atoms with Gasteiger partial charge >= 0.3 is 5.97 Å². The third-order valence-electron chi connectivity index (χ3n) is 7.89. The second-order valence-corrected chi connectivity index (χ2v) is 13.5. The molecule has 0 aliphatic carbocycles. The van der Waals surface area contributed by atoms with Crippen molar-refractivity contribution in [3.05, 3.63) is 105 Å². The first-order chi connectivity index (χ1) is 21.5. The number of aliphatic carboxylic acids is 1. The molecule has 2 aromatic heterocycles. The van der Waals surface area contributed by atoms with E-state index in [1.807, 2.05) is 42.5 Å². The number of likely N-dealkylation sites (tertiary alicyclic amines) is 1. The van der Waals surface area contributed by atoms with Gasteiger partial charge in [-0.15, -0.1) is 11.3 Å². The van der Waals surface area contributed by atoms with Crippen molar-refractivity contribution in [3.63, 3.8) is 0 Å². The van der Waals surface area contributed by atoms with Crippen LogP contribution in [0.5, 0.6) is 0 Å². The van der Waals surface area contributed by atoms with Crippen LogP contribution >= 0.6 is 11.3 Å². The summed E-state index contributed by atoms with van der Waals surface area (Å²) in [6.07, 6.45) is 8.86. The molecule has 1 aliphatic rings. The fraction of sp³-hybridized carbons (Fsp3) is 0.306. The summed E-state index contributed by atoms with van der Waals surface area (Å²) < 4.78 is 0. The van der Waals surface area contributed by atoms with Crippen LogP contribution in [0.1, 0.15) is 64.5 Å². The number of hydrogen-bond donors (Lipinski definition) is 2. The number of nitrogens with zero attached hydrogens (tertiary/aromatic N) is 3. The third kappa shape index (κ3) is 7.91. The number of aromatic nitrogens is 2. The van der Waals surface area contributed by atoms with Crippen LogP contribution in [0, 0.1) is 5.92 Å². The highest BCUT2D eigenvalue weighted by atomic mass is 32.1. The van der Waals surface area contributed by atoms with Gasteiger partial charge in [-0.2, -0.15) is 0 Å². The molecule has 0 saturated carbocycles.